The third-order valence-corrected chi connectivity index (χ3v) is 2.03. The standard InChI is InChI=1S/C11H24N2O2/c1-8(2)9(12)6-13-10(14)7-15-11(3,4)5/h8-9H,6-7,12H2,1-5H3,(H,13,14). The summed E-state index contributed by atoms with van der Waals surface area (Å²) in [6.07, 6.45) is 0. The summed E-state index contributed by atoms with van der Waals surface area (Å²) in [5, 5.41) is 2.75. The average Bonchev–Trinajstić information content (AvgIpc) is 2.09. The van der Waals surface area contributed by atoms with Gasteiger partial charge in [-0.3, -0.25) is 4.79 Å². The maximum atomic E-state index is 11.3. The number of hydrogen-bond acceptors (Lipinski definition) is 3. The zero-order chi connectivity index (χ0) is 12.1. The Hall–Kier alpha value is -0.610. The van der Waals surface area contributed by atoms with Crippen molar-refractivity contribution in [3.8, 4) is 0 Å². The van der Waals surface area contributed by atoms with Crippen LogP contribution in [0, 0.1) is 5.92 Å². The minimum Gasteiger partial charge on any atom is -0.366 e. The van der Waals surface area contributed by atoms with Crippen molar-refractivity contribution in [2.75, 3.05) is 13.2 Å². The van der Waals surface area contributed by atoms with E-state index in [1.54, 1.807) is 0 Å². The third kappa shape index (κ3) is 8.39. The second-order valence-corrected chi connectivity index (χ2v) is 5.11. The molecule has 0 saturated heterocycles. The van der Waals surface area contributed by atoms with Gasteiger partial charge in [0.25, 0.3) is 0 Å². The predicted molar refractivity (Wildman–Crippen MR) is 61.5 cm³/mol. The van der Waals surface area contributed by atoms with E-state index in [0.717, 1.165) is 0 Å². The Morgan fingerprint density at radius 2 is 1.93 bits per heavy atom. The van der Waals surface area contributed by atoms with Crippen molar-refractivity contribution in [3.05, 3.63) is 0 Å². The number of ether oxygens (including phenoxy) is 1. The van der Waals surface area contributed by atoms with Gasteiger partial charge in [0.05, 0.1) is 5.60 Å². The number of hydrogen-bond donors (Lipinski definition) is 2. The Morgan fingerprint density at radius 1 is 1.40 bits per heavy atom. The Morgan fingerprint density at radius 3 is 2.33 bits per heavy atom. The first-order valence-corrected chi connectivity index (χ1v) is 5.38. The fourth-order valence-corrected chi connectivity index (χ4v) is 0.800. The first-order valence-electron chi connectivity index (χ1n) is 5.38. The zero-order valence-electron chi connectivity index (χ0n) is 10.5. The normalized spacial score (nSPS) is 14.1. The van der Waals surface area contributed by atoms with Crippen molar-refractivity contribution >= 4 is 5.91 Å². The van der Waals surface area contributed by atoms with Gasteiger partial charge in [0.1, 0.15) is 6.61 Å². The molecule has 90 valence electrons. The summed E-state index contributed by atoms with van der Waals surface area (Å²) in [4.78, 5) is 11.3. The molecule has 0 aliphatic carbocycles. The molecule has 0 rings (SSSR count). The molecule has 0 aromatic heterocycles. The molecule has 0 aliphatic rings. The van der Waals surface area contributed by atoms with E-state index in [4.69, 9.17) is 10.5 Å². The molecule has 0 heterocycles. The maximum absolute atomic E-state index is 11.3. The van der Waals surface area contributed by atoms with Gasteiger partial charge in [-0.25, -0.2) is 0 Å². The van der Waals surface area contributed by atoms with Crippen molar-refractivity contribution in [3.63, 3.8) is 0 Å². The van der Waals surface area contributed by atoms with E-state index in [-0.39, 0.29) is 24.2 Å². The van der Waals surface area contributed by atoms with E-state index in [2.05, 4.69) is 5.32 Å². The molecule has 1 atom stereocenters. The molecule has 0 aromatic carbocycles. The van der Waals surface area contributed by atoms with Gasteiger partial charge in [-0.2, -0.15) is 0 Å². The highest BCUT2D eigenvalue weighted by molar-refractivity contribution is 5.77. The van der Waals surface area contributed by atoms with Crippen LogP contribution in [0.2, 0.25) is 0 Å². The summed E-state index contributed by atoms with van der Waals surface area (Å²) in [5.41, 5.74) is 5.51. The van der Waals surface area contributed by atoms with Crippen molar-refractivity contribution in [2.24, 2.45) is 11.7 Å². The third-order valence-electron chi connectivity index (χ3n) is 2.03. The highest BCUT2D eigenvalue weighted by Gasteiger charge is 2.14. The Labute approximate surface area is 92.6 Å². The number of carbonyl (C=O) groups excluding carboxylic acids is 1. The second kappa shape index (κ2) is 6.08. The van der Waals surface area contributed by atoms with Crippen LogP contribution >= 0.6 is 0 Å². The van der Waals surface area contributed by atoms with Gasteiger partial charge in [-0.1, -0.05) is 13.8 Å². The van der Waals surface area contributed by atoms with E-state index >= 15 is 0 Å². The van der Waals surface area contributed by atoms with Crippen LogP contribution in [0.5, 0.6) is 0 Å². The van der Waals surface area contributed by atoms with Crippen LogP contribution in [-0.4, -0.2) is 30.7 Å². The molecule has 0 aromatic rings. The number of rotatable bonds is 5. The molecule has 0 saturated carbocycles. The van der Waals surface area contributed by atoms with Crippen molar-refractivity contribution in [2.45, 2.75) is 46.3 Å². The molecule has 0 aliphatic heterocycles. The predicted octanol–water partition coefficient (Wildman–Crippen LogP) is 0.901. The molecular weight excluding hydrogens is 192 g/mol. The monoisotopic (exact) mass is 216 g/mol. The molecular formula is C11H24N2O2. The summed E-state index contributed by atoms with van der Waals surface area (Å²) in [6, 6.07) is 0.00332. The molecule has 1 unspecified atom stereocenters. The van der Waals surface area contributed by atoms with Crippen molar-refractivity contribution in [1.82, 2.24) is 5.32 Å². The maximum Gasteiger partial charge on any atom is 0.246 e. The summed E-state index contributed by atoms with van der Waals surface area (Å²) in [5.74, 6) is 0.259. The first kappa shape index (κ1) is 14.4. The smallest absolute Gasteiger partial charge is 0.246 e. The number of nitrogens with one attached hydrogen (secondary N) is 1. The summed E-state index contributed by atoms with van der Waals surface area (Å²) in [6.45, 7) is 10.4. The van der Waals surface area contributed by atoms with Crippen LogP contribution < -0.4 is 11.1 Å². The molecule has 0 fully saturated rings. The van der Waals surface area contributed by atoms with E-state index < -0.39 is 0 Å². The fraction of sp³-hybridized carbons (Fsp3) is 0.909. The Bertz CT molecular complexity index is 197. The molecule has 4 nitrogen and oxygen atoms in total. The lowest BCUT2D eigenvalue weighted by Crippen LogP contribution is -2.42. The molecule has 15 heavy (non-hydrogen) atoms. The molecule has 0 radical (unpaired) electrons. The van der Waals surface area contributed by atoms with Crippen LogP contribution in [0.3, 0.4) is 0 Å². The van der Waals surface area contributed by atoms with E-state index in [1.165, 1.54) is 0 Å². The molecule has 4 heteroatoms. The van der Waals surface area contributed by atoms with Gasteiger partial charge < -0.3 is 15.8 Å². The molecule has 0 bridgehead atoms. The summed E-state index contributed by atoms with van der Waals surface area (Å²) < 4.78 is 5.33. The minimum absolute atomic E-state index is 0.00332. The first-order chi connectivity index (χ1) is 6.72. The number of amides is 1. The average molecular weight is 216 g/mol. The van der Waals surface area contributed by atoms with Gasteiger partial charge in [0, 0.05) is 12.6 Å². The van der Waals surface area contributed by atoms with E-state index in [0.29, 0.717) is 12.5 Å². The zero-order valence-corrected chi connectivity index (χ0v) is 10.5. The van der Waals surface area contributed by atoms with Gasteiger partial charge in [0.15, 0.2) is 0 Å². The summed E-state index contributed by atoms with van der Waals surface area (Å²) in [7, 11) is 0. The lowest BCUT2D eigenvalue weighted by Gasteiger charge is -2.20. The molecule has 0 spiro atoms. The minimum atomic E-state index is -0.280. The SMILES string of the molecule is CC(C)C(N)CNC(=O)COC(C)(C)C. The molecule has 3 N–H and O–H groups in total. The number of carbonyl (C=O) groups is 1. The van der Waals surface area contributed by atoms with Gasteiger partial charge in [-0.05, 0) is 26.7 Å². The Kier molecular flexibility index (Phi) is 5.83. The molecule has 1 amide bonds. The highest BCUT2D eigenvalue weighted by atomic mass is 16.5. The summed E-state index contributed by atoms with van der Waals surface area (Å²) >= 11 is 0. The lowest BCUT2D eigenvalue weighted by molar-refractivity contribution is -0.130. The van der Waals surface area contributed by atoms with Crippen LogP contribution in [0.15, 0.2) is 0 Å². The van der Waals surface area contributed by atoms with Gasteiger partial charge >= 0.3 is 0 Å². The van der Waals surface area contributed by atoms with Crippen LogP contribution in [0.1, 0.15) is 34.6 Å². The van der Waals surface area contributed by atoms with Crippen molar-refractivity contribution in [1.29, 1.82) is 0 Å². The van der Waals surface area contributed by atoms with E-state index in [9.17, 15) is 4.79 Å². The Balaban J connectivity index is 3.67. The second-order valence-electron chi connectivity index (χ2n) is 5.11. The van der Waals surface area contributed by atoms with E-state index in [1.807, 2.05) is 34.6 Å². The van der Waals surface area contributed by atoms with Crippen LogP contribution in [0.25, 0.3) is 0 Å². The lowest BCUT2D eigenvalue weighted by atomic mass is 10.1. The number of nitrogens with two attached hydrogens (primary N) is 1. The highest BCUT2D eigenvalue weighted by Crippen LogP contribution is 2.05. The van der Waals surface area contributed by atoms with Gasteiger partial charge in [0.2, 0.25) is 5.91 Å². The fourth-order valence-electron chi connectivity index (χ4n) is 0.800. The quantitative estimate of drug-likeness (QED) is 0.717. The van der Waals surface area contributed by atoms with Gasteiger partial charge in [-0.15, -0.1) is 0 Å². The van der Waals surface area contributed by atoms with Crippen LogP contribution in [-0.2, 0) is 9.53 Å². The van der Waals surface area contributed by atoms with Crippen LogP contribution in [0.4, 0.5) is 0 Å². The largest absolute Gasteiger partial charge is 0.366 e. The van der Waals surface area contributed by atoms with Crippen molar-refractivity contribution < 1.29 is 9.53 Å². The topological polar surface area (TPSA) is 64.3 Å².